The number of ether oxygens (including phenoxy) is 2. The van der Waals surface area contributed by atoms with Crippen LogP contribution in [0.3, 0.4) is 0 Å². The van der Waals surface area contributed by atoms with Crippen LogP contribution in [0.4, 0.5) is 10.3 Å². The molecule has 16 rings (SSSR count). The number of rotatable bonds is 28. The van der Waals surface area contributed by atoms with E-state index in [4.69, 9.17) is 35.0 Å². The molecule has 6 N–H and O–H groups in total. The highest BCUT2D eigenvalue weighted by Gasteiger charge is 2.70. The van der Waals surface area contributed by atoms with Gasteiger partial charge in [-0.05, 0) is 66.3 Å². The zero-order valence-electron chi connectivity index (χ0n) is 61.4. The minimum atomic E-state index is -2.00. The number of nitrogens with one attached hydrogen (secondary N) is 3. The zero-order valence-corrected chi connectivity index (χ0v) is 66.3. The van der Waals surface area contributed by atoms with Crippen molar-refractivity contribution < 1.29 is 53.0 Å². The van der Waals surface area contributed by atoms with Crippen molar-refractivity contribution in [3.63, 3.8) is 0 Å². The van der Waals surface area contributed by atoms with E-state index in [1.165, 1.54) is 73.6 Å². The van der Waals surface area contributed by atoms with Gasteiger partial charge in [0.25, 0.3) is 23.6 Å². The number of carbonyl (C=O) groups excluding carboxylic acids is 5. The van der Waals surface area contributed by atoms with E-state index in [0.29, 0.717) is 67.5 Å². The van der Waals surface area contributed by atoms with Crippen molar-refractivity contribution in [2.24, 2.45) is 10.3 Å². The number of amides is 4. The van der Waals surface area contributed by atoms with Gasteiger partial charge in [-0.15, -0.1) is 69.7 Å². The number of benzene rings is 8. The minimum Gasteiger partial charge on any atom is -0.477 e. The number of thioether (sulfide) groups is 4. The maximum absolute atomic E-state index is 17.1. The van der Waals surface area contributed by atoms with Gasteiger partial charge in [0.1, 0.15) is 45.1 Å². The summed E-state index contributed by atoms with van der Waals surface area (Å²) in [6, 6.07) is 76.6. The van der Waals surface area contributed by atoms with Crippen LogP contribution >= 0.6 is 69.7 Å². The number of carboxylic acid groups (broad SMARTS) is 1. The molecule has 4 fully saturated rings. The number of anilines is 2. The summed E-state index contributed by atoms with van der Waals surface area (Å²) in [6.45, 7) is 1.19. The Bertz CT molecular complexity index is 5040. The Labute approximate surface area is 683 Å². The summed E-state index contributed by atoms with van der Waals surface area (Å²) in [4.78, 5) is 119. The second-order valence-electron chi connectivity index (χ2n) is 27.9. The Morgan fingerprint density at radius 2 is 1.03 bits per heavy atom. The number of oxime groups is 2. The third kappa shape index (κ3) is 15.3. The molecule has 114 heavy (non-hydrogen) atoms. The molecule has 27 heteroatoms. The van der Waals surface area contributed by atoms with Crippen LogP contribution in [0.25, 0.3) is 0 Å². The molecule has 8 heterocycles. The van der Waals surface area contributed by atoms with Crippen molar-refractivity contribution in [2.75, 3.05) is 47.3 Å². The second-order valence-corrected chi connectivity index (χ2v) is 34.1. The number of nitrogen functional groups attached to an aromatic ring is 1. The quantitative estimate of drug-likeness (QED) is 0.0100. The van der Waals surface area contributed by atoms with E-state index < -0.39 is 80.7 Å². The van der Waals surface area contributed by atoms with Gasteiger partial charge in [-0.1, -0.05) is 253 Å². The Morgan fingerprint density at radius 1 is 0.570 bits per heavy atom. The van der Waals surface area contributed by atoms with Gasteiger partial charge in [-0.3, -0.25) is 29.0 Å². The van der Waals surface area contributed by atoms with Crippen LogP contribution in [-0.2, 0) is 59.1 Å². The van der Waals surface area contributed by atoms with Crippen LogP contribution in [-0.4, -0.2) is 143 Å². The van der Waals surface area contributed by atoms with Crippen LogP contribution in [0.5, 0.6) is 0 Å². The fourth-order valence-corrected chi connectivity index (χ4v) is 22.5. The first-order valence-corrected chi connectivity index (χ1v) is 43.3. The van der Waals surface area contributed by atoms with Crippen LogP contribution in [0, 0.1) is 0 Å². The van der Waals surface area contributed by atoms with E-state index in [1.54, 1.807) is 5.38 Å². The zero-order chi connectivity index (χ0) is 78.2. The van der Waals surface area contributed by atoms with Crippen molar-refractivity contribution in [1.82, 2.24) is 30.4 Å². The molecule has 6 aliphatic heterocycles. The van der Waals surface area contributed by atoms with Gasteiger partial charge in [0.05, 0.1) is 12.2 Å². The topological polar surface area (TPSA) is 279 Å². The van der Waals surface area contributed by atoms with E-state index in [-0.39, 0.29) is 57.3 Å². The molecule has 4 unspecified atom stereocenters. The molecule has 0 bridgehead atoms. The predicted molar refractivity (Wildman–Crippen MR) is 448 cm³/mol. The van der Waals surface area contributed by atoms with Gasteiger partial charge in [0.2, 0.25) is 5.60 Å². The third-order valence-electron chi connectivity index (χ3n) is 21.1. The largest absolute Gasteiger partial charge is 0.477 e. The lowest BCUT2D eigenvalue weighted by atomic mass is 9.68. The van der Waals surface area contributed by atoms with Crippen molar-refractivity contribution in [2.45, 2.75) is 90.1 Å². The Hall–Kier alpha value is -10.6. The average molecular weight is 1630 g/mol. The maximum atomic E-state index is 17.1. The number of thiazole rings is 2. The van der Waals surface area contributed by atoms with Gasteiger partial charge in [0, 0.05) is 79.4 Å². The molecule has 21 nitrogen and oxygen atoms in total. The van der Waals surface area contributed by atoms with Gasteiger partial charge in [0.15, 0.2) is 27.2 Å². The molecule has 8 aromatic carbocycles. The predicted octanol–water partition coefficient (Wildman–Crippen LogP) is 14.4. The molecule has 4 saturated heterocycles. The van der Waals surface area contributed by atoms with Crippen LogP contribution in [0.1, 0.15) is 100 Å². The smallest absolute Gasteiger partial charge is 0.382 e. The fraction of sp³-hybridized carbons (Fsp3) is 0.241. The summed E-state index contributed by atoms with van der Waals surface area (Å²) in [5.74, 6) is -5.31. The highest BCUT2D eigenvalue weighted by molar-refractivity contribution is 8.06. The number of β-lactam (4-membered cyclic amide) rings is 2. The van der Waals surface area contributed by atoms with E-state index >= 15 is 14.4 Å². The molecule has 6 atom stereocenters. The van der Waals surface area contributed by atoms with Gasteiger partial charge in [-0.25, -0.2) is 19.6 Å². The maximum Gasteiger partial charge on any atom is 0.382 e. The molecule has 578 valence electrons. The minimum absolute atomic E-state index is 0.0469. The number of nitrogens with two attached hydrogens (primary N) is 1. The molecule has 2 aromatic heterocycles. The number of carbonyl (C=O) groups is 6. The Morgan fingerprint density at radius 3 is 1.50 bits per heavy atom. The number of hydrogen-bond acceptors (Lipinski definition) is 22. The number of nitrogens with zero attached hydrogens (tertiary/aromatic N) is 6. The lowest BCUT2D eigenvalue weighted by Crippen LogP contribution is -2.82. The molecular formula is C87H78N10O11S6. The summed E-state index contributed by atoms with van der Waals surface area (Å²) < 4.78 is 12.2. The number of hydrogen-bond donors (Lipinski definition) is 5. The van der Waals surface area contributed by atoms with Gasteiger partial charge >= 0.3 is 11.9 Å². The SMILES string of the molecule is Nc1nc(/C(=N/OC(=O)C2=C(SCC3CCCCO3)CS[C@@H]3N2C(=O)C3(NC(=O)/C(=N\OC(c2ccccc2)(c2ccccc2)c2ccccc2)c2csc(NC(c3ccccc3)(c3ccccc3)c3ccccc3)n2)C(c2ccccc2)c2ccccc2)C(=O)NC2C(=O)N3C(C(=O)O)=C(SCC4CCCCO4)CS[C@@H]23)cs1. The van der Waals surface area contributed by atoms with Crippen molar-refractivity contribution >= 4 is 127 Å². The number of aromatic nitrogens is 2. The Kier molecular flexibility index (Phi) is 23.5. The fourth-order valence-electron chi connectivity index (χ4n) is 15.6. The lowest BCUT2D eigenvalue weighted by Gasteiger charge is -2.60. The first kappa shape index (κ1) is 77.3. The highest BCUT2D eigenvalue weighted by atomic mass is 32.2. The number of fused-ring (bicyclic) bond motifs is 2. The highest BCUT2D eigenvalue weighted by Crippen LogP contribution is 2.56. The molecule has 0 radical (unpaired) electrons. The summed E-state index contributed by atoms with van der Waals surface area (Å²) in [5.41, 5.74) is 6.49. The third-order valence-corrected chi connectivity index (χ3v) is 27.9. The normalized spacial score (nSPS) is 20.6. The monoisotopic (exact) mass is 1630 g/mol. The Balaban J connectivity index is 0.801. The second kappa shape index (κ2) is 34.6. The molecular weight excluding hydrogens is 1550 g/mol. The first-order chi connectivity index (χ1) is 55.8. The van der Waals surface area contributed by atoms with E-state index in [2.05, 4.69) is 62.5 Å². The standard InChI is InChI=1S/C87H78N10O11S6/c88-83-89-65(51-113-83)70(75(98)91-72-77(100)96-73(79(101)102)67(53-111-78(72)96)109-49-63-45-25-27-47-105-63)94-107-80(103)74-68(110-50-64-46-26-28-48-106-64)54-112-82-86(81(104)97(74)82,69(55-29-9-1-10-30-55)56-31-11-2-12-32-56)92-76(99)71(95-108-87(60-39-19-6-20-40-60,61-41-21-7-22-42-61)62-43-23-8-24-44-62)66-52-114-84(90-66)93-85(57-33-13-3-14-34-57,58-35-15-4-16-36-58)59-37-17-5-18-38-59/h1-24,29-44,51-52,63-64,69,72,78,82H,25-28,45-50,53-54H2,(H2,88,89)(H,90,93)(H,91,98)(H,92,99)(H,101,102)/b94-70-,95-71-/t63?,64?,72?,78-,82-,86?/m0/s1. The summed E-state index contributed by atoms with van der Waals surface area (Å²) >= 11 is 7.59. The summed E-state index contributed by atoms with van der Waals surface area (Å²) in [6.07, 6.45) is 5.16. The van der Waals surface area contributed by atoms with Gasteiger partial charge < -0.3 is 45.9 Å². The average Bonchev–Trinajstić information content (AvgIpc) is 0.703. The van der Waals surface area contributed by atoms with Crippen LogP contribution in [0.2, 0.25) is 0 Å². The van der Waals surface area contributed by atoms with Crippen molar-refractivity contribution in [3.05, 3.63) is 331 Å². The van der Waals surface area contributed by atoms with E-state index in [1.807, 2.05) is 206 Å². The number of carboxylic acids is 1. The van der Waals surface area contributed by atoms with Gasteiger partial charge in [-0.2, -0.15) is 0 Å². The van der Waals surface area contributed by atoms with Crippen molar-refractivity contribution in [3.8, 4) is 0 Å². The lowest BCUT2D eigenvalue weighted by molar-refractivity contribution is -0.161. The molecule has 4 amide bonds. The van der Waals surface area contributed by atoms with E-state index in [0.717, 1.165) is 66.6 Å². The van der Waals surface area contributed by atoms with Crippen LogP contribution in [0.15, 0.2) is 285 Å². The molecule has 0 aliphatic carbocycles. The van der Waals surface area contributed by atoms with Crippen molar-refractivity contribution in [1.29, 1.82) is 0 Å². The molecule has 0 saturated carbocycles. The van der Waals surface area contributed by atoms with E-state index in [9.17, 15) is 19.5 Å². The summed E-state index contributed by atoms with van der Waals surface area (Å²) in [5, 5.41) is 31.7. The molecule has 10 aromatic rings. The number of aliphatic carboxylic acids is 1. The summed E-state index contributed by atoms with van der Waals surface area (Å²) in [7, 11) is 0. The van der Waals surface area contributed by atoms with Crippen LogP contribution < -0.4 is 21.7 Å². The molecule has 0 spiro atoms. The first-order valence-electron chi connectivity index (χ1n) is 37.5. The molecule has 6 aliphatic rings.